The summed E-state index contributed by atoms with van der Waals surface area (Å²) in [5.74, 6) is 0.0577. The van der Waals surface area contributed by atoms with Gasteiger partial charge in [0.2, 0.25) is 5.28 Å². The molecule has 96 valence electrons. The van der Waals surface area contributed by atoms with Crippen molar-refractivity contribution >= 4 is 27.4 Å². The monoisotopic (exact) mass is 294 g/mol. The van der Waals surface area contributed by atoms with Gasteiger partial charge in [0.1, 0.15) is 5.82 Å². The van der Waals surface area contributed by atoms with E-state index in [0.29, 0.717) is 0 Å². The number of rotatable bonds is 3. The molecule has 2 aromatic rings. The molecule has 0 spiro atoms. The third-order valence-electron chi connectivity index (χ3n) is 2.14. The first-order valence-corrected chi connectivity index (χ1v) is 6.89. The van der Waals surface area contributed by atoms with Crippen molar-refractivity contribution in [1.29, 1.82) is 5.26 Å². The van der Waals surface area contributed by atoms with Crippen LogP contribution in [0.15, 0.2) is 41.4 Å². The van der Waals surface area contributed by atoms with E-state index in [1.165, 1.54) is 36.5 Å². The van der Waals surface area contributed by atoms with Crippen molar-refractivity contribution in [3.8, 4) is 6.07 Å². The van der Waals surface area contributed by atoms with Crippen LogP contribution in [0.4, 0.5) is 5.82 Å². The lowest BCUT2D eigenvalue weighted by Gasteiger charge is -2.07. The highest BCUT2D eigenvalue weighted by Crippen LogP contribution is 2.16. The van der Waals surface area contributed by atoms with E-state index in [-0.39, 0.29) is 21.6 Å². The zero-order valence-corrected chi connectivity index (χ0v) is 11.0. The molecule has 0 aliphatic rings. The van der Waals surface area contributed by atoms with Gasteiger partial charge in [-0.1, -0.05) is 6.07 Å². The minimum absolute atomic E-state index is 0.0266. The number of halogens is 1. The van der Waals surface area contributed by atoms with Crippen molar-refractivity contribution < 1.29 is 8.42 Å². The summed E-state index contributed by atoms with van der Waals surface area (Å²) >= 11 is 5.57. The maximum Gasteiger partial charge on any atom is 0.263 e. The molecule has 0 saturated carbocycles. The first kappa shape index (κ1) is 13.3. The lowest BCUT2D eigenvalue weighted by Crippen LogP contribution is -2.14. The van der Waals surface area contributed by atoms with Gasteiger partial charge in [0.25, 0.3) is 10.0 Å². The summed E-state index contributed by atoms with van der Waals surface area (Å²) in [6.07, 6.45) is 1.33. The van der Waals surface area contributed by atoms with Gasteiger partial charge in [0.05, 0.1) is 16.5 Å². The highest BCUT2D eigenvalue weighted by Gasteiger charge is 2.15. The van der Waals surface area contributed by atoms with Gasteiger partial charge in [0.15, 0.2) is 0 Å². The molecule has 1 heterocycles. The van der Waals surface area contributed by atoms with Crippen molar-refractivity contribution in [2.24, 2.45) is 0 Å². The molecule has 6 nitrogen and oxygen atoms in total. The zero-order valence-electron chi connectivity index (χ0n) is 9.41. The van der Waals surface area contributed by atoms with Gasteiger partial charge in [-0.25, -0.2) is 13.4 Å². The predicted molar refractivity (Wildman–Crippen MR) is 69.0 cm³/mol. The maximum absolute atomic E-state index is 12.1. The predicted octanol–water partition coefficient (Wildman–Crippen LogP) is 1.80. The topological polar surface area (TPSA) is 95.7 Å². The fourth-order valence-corrected chi connectivity index (χ4v) is 2.52. The SMILES string of the molecule is N#Cc1cccc(S(=O)(=O)Nc2ccnc(Cl)n2)c1. The number of nitriles is 1. The van der Waals surface area contributed by atoms with E-state index in [9.17, 15) is 8.42 Å². The maximum atomic E-state index is 12.1. The van der Waals surface area contributed by atoms with E-state index < -0.39 is 10.0 Å². The molecule has 0 amide bonds. The number of aromatic nitrogens is 2. The van der Waals surface area contributed by atoms with Crippen LogP contribution in [0.25, 0.3) is 0 Å². The van der Waals surface area contributed by atoms with Gasteiger partial charge in [-0.3, -0.25) is 4.72 Å². The van der Waals surface area contributed by atoms with Crippen LogP contribution >= 0.6 is 11.6 Å². The van der Waals surface area contributed by atoms with Crippen LogP contribution in [-0.2, 0) is 10.0 Å². The summed E-state index contributed by atoms with van der Waals surface area (Å²) in [6.45, 7) is 0. The summed E-state index contributed by atoms with van der Waals surface area (Å²) in [4.78, 5) is 7.35. The Kier molecular flexibility index (Phi) is 3.64. The number of benzene rings is 1. The minimum atomic E-state index is -3.81. The molecule has 0 bridgehead atoms. The average molecular weight is 295 g/mol. The van der Waals surface area contributed by atoms with E-state index in [0.717, 1.165) is 0 Å². The summed E-state index contributed by atoms with van der Waals surface area (Å²) in [5.41, 5.74) is 0.253. The fourth-order valence-electron chi connectivity index (χ4n) is 1.32. The molecular formula is C11H7ClN4O2S. The second kappa shape index (κ2) is 5.22. The molecule has 8 heteroatoms. The first-order valence-electron chi connectivity index (χ1n) is 5.03. The molecule has 2 rings (SSSR count). The molecule has 0 atom stereocenters. The van der Waals surface area contributed by atoms with Crippen LogP contribution in [0, 0.1) is 11.3 Å². The molecule has 1 aromatic carbocycles. The number of hydrogen-bond donors (Lipinski definition) is 1. The molecule has 0 aliphatic carbocycles. The minimum Gasteiger partial charge on any atom is -0.263 e. The van der Waals surface area contributed by atoms with Crippen molar-refractivity contribution in [3.63, 3.8) is 0 Å². The Bertz CT molecular complexity index is 755. The van der Waals surface area contributed by atoms with Crippen LogP contribution in [-0.4, -0.2) is 18.4 Å². The Hall–Kier alpha value is -2.17. The van der Waals surface area contributed by atoms with Crippen molar-refractivity contribution in [2.75, 3.05) is 4.72 Å². The van der Waals surface area contributed by atoms with Gasteiger partial charge in [-0.15, -0.1) is 0 Å². The quantitative estimate of drug-likeness (QED) is 0.871. The Morgan fingerprint density at radius 3 is 2.79 bits per heavy atom. The normalized spacial score (nSPS) is 10.7. The third kappa shape index (κ3) is 3.19. The Morgan fingerprint density at radius 1 is 1.32 bits per heavy atom. The number of hydrogen-bond acceptors (Lipinski definition) is 5. The Morgan fingerprint density at radius 2 is 2.11 bits per heavy atom. The molecule has 0 aliphatic heterocycles. The smallest absolute Gasteiger partial charge is 0.263 e. The number of nitrogens with one attached hydrogen (secondary N) is 1. The van der Waals surface area contributed by atoms with Crippen LogP contribution < -0.4 is 4.72 Å². The summed E-state index contributed by atoms with van der Waals surface area (Å²) in [6, 6.07) is 8.90. The van der Waals surface area contributed by atoms with Crippen LogP contribution in [0.5, 0.6) is 0 Å². The molecule has 0 unspecified atom stereocenters. The van der Waals surface area contributed by atoms with E-state index in [1.807, 2.05) is 6.07 Å². The second-order valence-corrected chi connectivity index (χ2v) is 5.48. The highest BCUT2D eigenvalue weighted by atomic mass is 35.5. The Labute approximate surface area is 114 Å². The van der Waals surface area contributed by atoms with Crippen molar-refractivity contribution in [3.05, 3.63) is 47.4 Å². The lowest BCUT2D eigenvalue weighted by molar-refractivity contribution is 0.601. The largest absolute Gasteiger partial charge is 0.263 e. The third-order valence-corrected chi connectivity index (χ3v) is 3.67. The van der Waals surface area contributed by atoms with E-state index in [1.54, 1.807) is 0 Å². The van der Waals surface area contributed by atoms with E-state index in [4.69, 9.17) is 16.9 Å². The molecule has 0 saturated heterocycles. The molecular weight excluding hydrogens is 288 g/mol. The number of anilines is 1. The zero-order chi connectivity index (χ0) is 13.9. The standard InChI is InChI=1S/C11H7ClN4O2S/c12-11-14-5-4-10(15-11)16-19(17,18)9-3-1-2-8(6-9)7-13/h1-6H,(H,14,15,16). The Balaban J connectivity index is 2.35. The van der Waals surface area contributed by atoms with Crippen molar-refractivity contribution in [1.82, 2.24) is 9.97 Å². The second-order valence-electron chi connectivity index (χ2n) is 3.46. The van der Waals surface area contributed by atoms with Gasteiger partial charge in [0, 0.05) is 6.20 Å². The van der Waals surface area contributed by atoms with Crippen LogP contribution in [0.2, 0.25) is 5.28 Å². The lowest BCUT2D eigenvalue weighted by atomic mass is 10.2. The van der Waals surface area contributed by atoms with E-state index in [2.05, 4.69) is 14.7 Å². The van der Waals surface area contributed by atoms with Crippen LogP contribution in [0.3, 0.4) is 0 Å². The molecule has 1 N–H and O–H groups in total. The fraction of sp³-hybridized carbons (Fsp3) is 0. The summed E-state index contributed by atoms with van der Waals surface area (Å²) < 4.78 is 26.4. The van der Waals surface area contributed by atoms with Crippen LogP contribution in [0.1, 0.15) is 5.56 Å². The van der Waals surface area contributed by atoms with Gasteiger partial charge in [-0.05, 0) is 35.9 Å². The number of sulfonamides is 1. The molecule has 19 heavy (non-hydrogen) atoms. The van der Waals surface area contributed by atoms with Gasteiger partial charge >= 0.3 is 0 Å². The highest BCUT2D eigenvalue weighted by molar-refractivity contribution is 7.92. The van der Waals surface area contributed by atoms with Gasteiger partial charge in [-0.2, -0.15) is 10.2 Å². The average Bonchev–Trinajstić information content (AvgIpc) is 2.38. The summed E-state index contributed by atoms with van der Waals surface area (Å²) in [7, 11) is -3.81. The first-order chi connectivity index (χ1) is 9.01. The van der Waals surface area contributed by atoms with Gasteiger partial charge < -0.3 is 0 Å². The molecule has 1 aromatic heterocycles. The summed E-state index contributed by atoms with van der Waals surface area (Å²) in [5, 5.41) is 8.69. The molecule has 0 fully saturated rings. The number of nitrogens with zero attached hydrogens (tertiary/aromatic N) is 3. The van der Waals surface area contributed by atoms with E-state index >= 15 is 0 Å². The molecule has 0 radical (unpaired) electrons. The van der Waals surface area contributed by atoms with Crippen molar-refractivity contribution in [2.45, 2.75) is 4.90 Å².